The number of aromatic nitrogens is 1. The quantitative estimate of drug-likeness (QED) is 0.797. The fourth-order valence-corrected chi connectivity index (χ4v) is 1.39. The van der Waals surface area contributed by atoms with E-state index < -0.39 is 5.97 Å². The molecule has 1 N–H and O–H groups in total. The molecule has 0 aliphatic carbocycles. The first-order valence-corrected chi connectivity index (χ1v) is 4.93. The lowest BCUT2D eigenvalue weighted by molar-refractivity contribution is -0.142. The number of rotatable bonds is 3. The average Bonchev–Trinajstić information content (AvgIpc) is 2.62. The zero-order valence-corrected chi connectivity index (χ0v) is 8.77. The monoisotopic (exact) mass is 221 g/mol. The molecule has 0 bridgehead atoms. The van der Waals surface area contributed by atoms with E-state index in [-0.39, 0.29) is 18.1 Å². The highest BCUT2D eigenvalue weighted by Crippen LogP contribution is 2.24. The second-order valence-corrected chi connectivity index (χ2v) is 3.21. The van der Waals surface area contributed by atoms with Gasteiger partial charge in [-0.25, -0.2) is 4.98 Å². The van der Waals surface area contributed by atoms with E-state index in [1.165, 1.54) is 6.07 Å². The molecule has 0 spiro atoms. The number of nitrogens with zero attached hydrogens (tertiary/aromatic N) is 1. The van der Waals surface area contributed by atoms with Gasteiger partial charge in [-0.05, 0) is 19.1 Å². The molecule has 1 aromatic carbocycles. The Bertz CT molecular complexity index is 518. The largest absolute Gasteiger partial charge is 0.506 e. The lowest BCUT2D eigenvalue weighted by atomic mass is 10.3. The van der Waals surface area contributed by atoms with E-state index in [4.69, 9.17) is 9.15 Å². The topological polar surface area (TPSA) is 72.6 Å². The Kier molecular flexibility index (Phi) is 2.76. The molecule has 0 aliphatic rings. The van der Waals surface area contributed by atoms with Crippen LogP contribution >= 0.6 is 0 Å². The van der Waals surface area contributed by atoms with Crippen LogP contribution in [0.1, 0.15) is 12.8 Å². The van der Waals surface area contributed by atoms with Gasteiger partial charge in [0.2, 0.25) is 5.89 Å². The third kappa shape index (κ3) is 1.98. The van der Waals surface area contributed by atoms with Gasteiger partial charge in [-0.3, -0.25) is 4.79 Å². The molecule has 84 valence electrons. The van der Waals surface area contributed by atoms with Crippen molar-refractivity contribution < 1.29 is 19.1 Å². The SMILES string of the molecule is CCOC(=O)Cc1nc2c(O)cccc2o1. The summed E-state index contributed by atoms with van der Waals surface area (Å²) in [4.78, 5) is 15.2. The van der Waals surface area contributed by atoms with E-state index in [2.05, 4.69) is 4.98 Å². The minimum Gasteiger partial charge on any atom is -0.506 e. The number of oxazole rings is 1. The highest BCUT2D eigenvalue weighted by atomic mass is 16.5. The molecule has 0 saturated carbocycles. The minimum atomic E-state index is -0.395. The summed E-state index contributed by atoms with van der Waals surface area (Å²) in [5.41, 5.74) is 0.820. The van der Waals surface area contributed by atoms with Gasteiger partial charge in [0.1, 0.15) is 12.2 Å². The zero-order valence-electron chi connectivity index (χ0n) is 8.77. The maximum atomic E-state index is 11.2. The molecule has 1 heterocycles. The Balaban J connectivity index is 2.26. The van der Waals surface area contributed by atoms with Crippen molar-refractivity contribution in [1.29, 1.82) is 0 Å². The van der Waals surface area contributed by atoms with E-state index in [9.17, 15) is 9.90 Å². The van der Waals surface area contributed by atoms with Gasteiger partial charge in [0, 0.05) is 0 Å². The molecular formula is C11H11NO4. The summed E-state index contributed by atoms with van der Waals surface area (Å²) in [6, 6.07) is 4.84. The number of carbonyl (C=O) groups is 1. The van der Waals surface area contributed by atoms with Gasteiger partial charge in [0.25, 0.3) is 0 Å². The van der Waals surface area contributed by atoms with Gasteiger partial charge < -0.3 is 14.3 Å². The van der Waals surface area contributed by atoms with Crippen LogP contribution in [-0.2, 0) is 16.0 Å². The predicted molar refractivity (Wildman–Crippen MR) is 56.0 cm³/mol. The van der Waals surface area contributed by atoms with E-state index in [0.29, 0.717) is 17.7 Å². The number of carbonyl (C=O) groups excluding carboxylic acids is 1. The number of fused-ring (bicyclic) bond motifs is 1. The van der Waals surface area contributed by atoms with Crippen LogP contribution in [0.2, 0.25) is 0 Å². The maximum absolute atomic E-state index is 11.2. The zero-order chi connectivity index (χ0) is 11.5. The molecule has 5 heteroatoms. The predicted octanol–water partition coefficient (Wildman–Crippen LogP) is 1.64. The van der Waals surface area contributed by atoms with Crippen molar-refractivity contribution in [2.45, 2.75) is 13.3 Å². The third-order valence-corrected chi connectivity index (χ3v) is 2.04. The number of ether oxygens (including phenoxy) is 1. The number of phenols is 1. The fraction of sp³-hybridized carbons (Fsp3) is 0.273. The first-order valence-electron chi connectivity index (χ1n) is 4.93. The molecule has 0 aliphatic heterocycles. The highest BCUT2D eigenvalue weighted by molar-refractivity contribution is 5.80. The molecular weight excluding hydrogens is 210 g/mol. The molecule has 16 heavy (non-hydrogen) atoms. The van der Waals surface area contributed by atoms with Crippen LogP contribution in [0, 0.1) is 0 Å². The van der Waals surface area contributed by atoms with Crippen LogP contribution in [0.25, 0.3) is 11.1 Å². The molecule has 0 saturated heterocycles. The Hall–Kier alpha value is -2.04. The normalized spacial score (nSPS) is 10.6. The second kappa shape index (κ2) is 4.22. The second-order valence-electron chi connectivity index (χ2n) is 3.21. The number of benzene rings is 1. The third-order valence-electron chi connectivity index (χ3n) is 2.04. The Morgan fingerprint density at radius 1 is 1.56 bits per heavy atom. The van der Waals surface area contributed by atoms with Crippen LogP contribution in [0.4, 0.5) is 0 Å². The fourth-order valence-electron chi connectivity index (χ4n) is 1.39. The molecule has 2 rings (SSSR count). The van der Waals surface area contributed by atoms with E-state index >= 15 is 0 Å². The summed E-state index contributed by atoms with van der Waals surface area (Å²) in [5, 5.41) is 9.48. The van der Waals surface area contributed by atoms with Crippen molar-refractivity contribution in [3.63, 3.8) is 0 Å². The van der Waals surface area contributed by atoms with Crippen LogP contribution in [0.3, 0.4) is 0 Å². The molecule has 0 fully saturated rings. The molecule has 0 atom stereocenters. The molecule has 0 unspecified atom stereocenters. The van der Waals surface area contributed by atoms with Gasteiger partial charge in [-0.2, -0.15) is 0 Å². The van der Waals surface area contributed by atoms with Crippen LogP contribution in [0.15, 0.2) is 22.6 Å². The standard InChI is InChI=1S/C11H11NO4/c1-2-15-10(14)6-9-12-11-7(13)4-3-5-8(11)16-9/h3-5,13H,2,6H2,1H3. The maximum Gasteiger partial charge on any atom is 0.315 e. The summed E-state index contributed by atoms with van der Waals surface area (Å²) in [6.45, 7) is 2.06. The van der Waals surface area contributed by atoms with Crippen molar-refractivity contribution in [3.05, 3.63) is 24.1 Å². The first-order chi connectivity index (χ1) is 7.70. The number of hydrogen-bond acceptors (Lipinski definition) is 5. The van der Waals surface area contributed by atoms with Crippen molar-refractivity contribution in [3.8, 4) is 5.75 Å². The number of aromatic hydroxyl groups is 1. The van der Waals surface area contributed by atoms with Crippen LogP contribution < -0.4 is 0 Å². The highest BCUT2D eigenvalue weighted by Gasteiger charge is 2.12. The summed E-state index contributed by atoms with van der Waals surface area (Å²) in [7, 11) is 0. The number of phenolic OH excluding ortho intramolecular Hbond substituents is 1. The van der Waals surface area contributed by atoms with Crippen molar-refractivity contribution >= 4 is 17.1 Å². The number of hydrogen-bond donors (Lipinski definition) is 1. The van der Waals surface area contributed by atoms with Crippen molar-refractivity contribution in [1.82, 2.24) is 4.98 Å². The van der Waals surface area contributed by atoms with Crippen LogP contribution in [-0.4, -0.2) is 22.7 Å². The average molecular weight is 221 g/mol. The molecule has 1 aromatic heterocycles. The summed E-state index contributed by atoms with van der Waals surface area (Å²) in [6.07, 6.45) is -0.0258. The van der Waals surface area contributed by atoms with Gasteiger partial charge in [0.05, 0.1) is 6.61 Å². The van der Waals surface area contributed by atoms with Gasteiger partial charge in [-0.1, -0.05) is 6.07 Å². The van der Waals surface area contributed by atoms with E-state index in [0.717, 1.165) is 0 Å². The minimum absolute atomic E-state index is 0.0258. The smallest absolute Gasteiger partial charge is 0.315 e. The van der Waals surface area contributed by atoms with Gasteiger partial charge in [-0.15, -0.1) is 0 Å². The Morgan fingerprint density at radius 2 is 2.38 bits per heavy atom. The first kappa shape index (κ1) is 10.5. The summed E-state index contributed by atoms with van der Waals surface area (Å²) in [5.74, 6) is -0.111. The van der Waals surface area contributed by atoms with Crippen molar-refractivity contribution in [2.24, 2.45) is 0 Å². The number of para-hydroxylation sites is 1. The Morgan fingerprint density at radius 3 is 3.06 bits per heavy atom. The van der Waals surface area contributed by atoms with E-state index in [1.807, 2.05) is 0 Å². The molecule has 0 amide bonds. The van der Waals surface area contributed by atoms with Crippen LogP contribution in [0.5, 0.6) is 5.75 Å². The Labute approximate surface area is 91.7 Å². The lowest BCUT2D eigenvalue weighted by Crippen LogP contribution is -2.07. The summed E-state index contributed by atoms with van der Waals surface area (Å²) < 4.78 is 10.1. The lowest BCUT2D eigenvalue weighted by Gasteiger charge is -1.96. The molecule has 0 radical (unpaired) electrons. The van der Waals surface area contributed by atoms with E-state index in [1.54, 1.807) is 19.1 Å². The number of esters is 1. The summed E-state index contributed by atoms with van der Waals surface area (Å²) >= 11 is 0. The van der Waals surface area contributed by atoms with Gasteiger partial charge in [0.15, 0.2) is 11.1 Å². The van der Waals surface area contributed by atoms with Gasteiger partial charge >= 0.3 is 5.97 Å². The molecule has 5 nitrogen and oxygen atoms in total. The van der Waals surface area contributed by atoms with Crippen molar-refractivity contribution in [2.75, 3.05) is 6.61 Å². The molecule has 2 aromatic rings.